The van der Waals surface area contributed by atoms with Gasteiger partial charge in [-0.1, -0.05) is 54.6 Å². The van der Waals surface area contributed by atoms with Crippen molar-refractivity contribution < 1.29 is 9.53 Å². The van der Waals surface area contributed by atoms with E-state index in [1.165, 1.54) is 0 Å². The number of ether oxygens (including phenoxy) is 1. The molecule has 4 aromatic rings. The van der Waals surface area contributed by atoms with Crippen molar-refractivity contribution in [2.24, 2.45) is 0 Å². The van der Waals surface area contributed by atoms with Gasteiger partial charge in [0.2, 0.25) is 5.91 Å². The van der Waals surface area contributed by atoms with Crippen LogP contribution in [-0.4, -0.2) is 22.6 Å². The van der Waals surface area contributed by atoms with Gasteiger partial charge in [0.25, 0.3) is 0 Å². The molecule has 4 rings (SSSR count). The van der Waals surface area contributed by atoms with Gasteiger partial charge >= 0.3 is 0 Å². The van der Waals surface area contributed by atoms with E-state index in [1.54, 1.807) is 7.11 Å². The van der Waals surface area contributed by atoms with E-state index in [-0.39, 0.29) is 11.9 Å². The van der Waals surface area contributed by atoms with Crippen molar-refractivity contribution in [3.8, 4) is 5.75 Å². The minimum absolute atomic E-state index is 0.0169. The highest BCUT2D eigenvalue weighted by molar-refractivity contribution is 5.79. The number of methoxy groups -OCH3 is 1. The molecule has 1 unspecified atom stereocenters. The van der Waals surface area contributed by atoms with Crippen LogP contribution in [0, 0.1) is 0 Å². The zero-order valence-electron chi connectivity index (χ0n) is 17.2. The Hall–Kier alpha value is -3.60. The molecule has 5 heteroatoms. The number of benzene rings is 3. The standard InChI is InChI=1S/C25H25N3O2/c1-18(26-24(29)16-19-8-4-3-5-9-19)25-27-22-10-6-7-11-23(22)28(25)17-20-12-14-21(30-2)15-13-20/h3-15,18H,16-17H2,1-2H3,(H,26,29). The molecule has 1 aromatic heterocycles. The predicted molar refractivity (Wildman–Crippen MR) is 119 cm³/mol. The smallest absolute Gasteiger partial charge is 0.224 e. The van der Waals surface area contributed by atoms with Gasteiger partial charge in [-0.05, 0) is 42.3 Å². The average molecular weight is 399 g/mol. The molecule has 1 amide bonds. The molecule has 0 aliphatic heterocycles. The van der Waals surface area contributed by atoms with Crippen molar-refractivity contribution in [3.63, 3.8) is 0 Å². The molecular formula is C25H25N3O2. The van der Waals surface area contributed by atoms with Gasteiger partial charge in [0.1, 0.15) is 11.6 Å². The summed E-state index contributed by atoms with van der Waals surface area (Å²) >= 11 is 0. The number of aromatic nitrogens is 2. The quantitative estimate of drug-likeness (QED) is 0.497. The van der Waals surface area contributed by atoms with Crippen molar-refractivity contribution in [2.75, 3.05) is 7.11 Å². The van der Waals surface area contributed by atoms with Crippen molar-refractivity contribution in [3.05, 3.63) is 95.8 Å². The van der Waals surface area contributed by atoms with Gasteiger partial charge in [0, 0.05) is 6.54 Å². The Morgan fingerprint density at radius 1 is 0.967 bits per heavy atom. The van der Waals surface area contributed by atoms with E-state index in [1.807, 2.05) is 67.6 Å². The molecule has 0 bridgehead atoms. The lowest BCUT2D eigenvalue weighted by molar-refractivity contribution is -0.121. The maximum absolute atomic E-state index is 12.6. The van der Waals surface area contributed by atoms with Crippen molar-refractivity contribution in [1.82, 2.24) is 14.9 Å². The summed E-state index contributed by atoms with van der Waals surface area (Å²) in [5.41, 5.74) is 4.11. The maximum atomic E-state index is 12.6. The van der Waals surface area contributed by atoms with Crippen LogP contribution in [0.25, 0.3) is 11.0 Å². The molecule has 0 saturated carbocycles. The van der Waals surface area contributed by atoms with Crippen molar-refractivity contribution in [2.45, 2.75) is 25.9 Å². The summed E-state index contributed by atoms with van der Waals surface area (Å²) in [5.74, 6) is 1.65. The van der Waals surface area contributed by atoms with Gasteiger partial charge in [-0.2, -0.15) is 0 Å². The van der Waals surface area contributed by atoms with Gasteiger partial charge in [-0.3, -0.25) is 4.79 Å². The zero-order chi connectivity index (χ0) is 20.9. The molecule has 30 heavy (non-hydrogen) atoms. The Balaban J connectivity index is 1.59. The first-order valence-electron chi connectivity index (χ1n) is 10.1. The third-order valence-electron chi connectivity index (χ3n) is 5.16. The highest BCUT2D eigenvalue weighted by atomic mass is 16.5. The third kappa shape index (κ3) is 4.35. The Kier molecular flexibility index (Phi) is 5.80. The summed E-state index contributed by atoms with van der Waals surface area (Å²) in [6, 6.07) is 25.6. The Bertz CT molecular complexity index is 1130. The minimum atomic E-state index is -0.216. The van der Waals surface area contributed by atoms with E-state index < -0.39 is 0 Å². The van der Waals surface area contributed by atoms with Crippen LogP contribution in [0.5, 0.6) is 5.75 Å². The number of para-hydroxylation sites is 2. The average Bonchev–Trinajstić information content (AvgIpc) is 3.13. The van der Waals surface area contributed by atoms with E-state index in [2.05, 4.69) is 28.1 Å². The highest BCUT2D eigenvalue weighted by Gasteiger charge is 2.18. The van der Waals surface area contributed by atoms with Crippen LogP contribution >= 0.6 is 0 Å². The highest BCUT2D eigenvalue weighted by Crippen LogP contribution is 2.23. The van der Waals surface area contributed by atoms with Gasteiger partial charge in [0.05, 0.1) is 30.6 Å². The van der Waals surface area contributed by atoms with Crippen LogP contribution in [-0.2, 0) is 17.8 Å². The lowest BCUT2D eigenvalue weighted by Crippen LogP contribution is -2.30. The summed E-state index contributed by atoms with van der Waals surface area (Å²) in [7, 11) is 1.66. The van der Waals surface area contributed by atoms with Crippen LogP contribution in [0.2, 0.25) is 0 Å². The van der Waals surface area contributed by atoms with Gasteiger partial charge in [-0.15, -0.1) is 0 Å². The first-order valence-corrected chi connectivity index (χ1v) is 10.1. The second-order valence-corrected chi connectivity index (χ2v) is 7.34. The third-order valence-corrected chi connectivity index (χ3v) is 5.16. The molecule has 1 N–H and O–H groups in total. The summed E-state index contributed by atoms with van der Waals surface area (Å²) in [5, 5.41) is 3.11. The number of imidazole rings is 1. The molecule has 152 valence electrons. The molecule has 0 radical (unpaired) electrons. The number of carbonyl (C=O) groups excluding carboxylic acids is 1. The molecule has 1 atom stereocenters. The van der Waals surface area contributed by atoms with Gasteiger partial charge < -0.3 is 14.6 Å². The number of carbonyl (C=O) groups is 1. The second kappa shape index (κ2) is 8.82. The number of nitrogens with zero attached hydrogens (tertiary/aromatic N) is 2. The predicted octanol–water partition coefficient (Wildman–Crippen LogP) is 4.51. The summed E-state index contributed by atoms with van der Waals surface area (Å²) < 4.78 is 7.43. The van der Waals surface area contributed by atoms with E-state index in [0.29, 0.717) is 13.0 Å². The molecule has 0 aliphatic rings. The molecule has 0 spiro atoms. The Morgan fingerprint density at radius 2 is 1.67 bits per heavy atom. The first-order chi connectivity index (χ1) is 14.6. The fourth-order valence-corrected chi connectivity index (χ4v) is 3.64. The molecule has 0 aliphatic carbocycles. The van der Waals surface area contributed by atoms with Crippen LogP contribution < -0.4 is 10.1 Å². The fraction of sp³-hybridized carbons (Fsp3) is 0.200. The Labute approximate surface area is 176 Å². The summed E-state index contributed by atoms with van der Waals surface area (Å²) in [6.45, 7) is 2.65. The van der Waals surface area contributed by atoms with E-state index in [0.717, 1.165) is 33.7 Å². The molecule has 0 saturated heterocycles. The topological polar surface area (TPSA) is 56.1 Å². The number of rotatable bonds is 7. The first kappa shape index (κ1) is 19.7. The summed E-state index contributed by atoms with van der Waals surface area (Å²) in [6.07, 6.45) is 0.351. The molecular weight excluding hydrogens is 374 g/mol. The molecule has 0 fully saturated rings. The van der Waals surface area contributed by atoms with E-state index in [9.17, 15) is 4.79 Å². The largest absolute Gasteiger partial charge is 0.497 e. The number of hydrogen-bond donors (Lipinski definition) is 1. The lowest BCUT2D eigenvalue weighted by Gasteiger charge is -2.17. The van der Waals surface area contributed by atoms with Crippen molar-refractivity contribution in [1.29, 1.82) is 0 Å². The van der Waals surface area contributed by atoms with Crippen LogP contribution in [0.4, 0.5) is 0 Å². The monoisotopic (exact) mass is 399 g/mol. The number of fused-ring (bicyclic) bond motifs is 1. The van der Waals surface area contributed by atoms with E-state index in [4.69, 9.17) is 9.72 Å². The Morgan fingerprint density at radius 3 is 2.40 bits per heavy atom. The fourth-order valence-electron chi connectivity index (χ4n) is 3.64. The molecule has 3 aromatic carbocycles. The SMILES string of the molecule is COc1ccc(Cn2c(C(C)NC(=O)Cc3ccccc3)nc3ccccc32)cc1. The number of nitrogens with one attached hydrogen (secondary N) is 1. The van der Waals surface area contributed by atoms with Crippen LogP contribution in [0.15, 0.2) is 78.9 Å². The van der Waals surface area contributed by atoms with Gasteiger partial charge in [0.15, 0.2) is 0 Å². The molecule has 1 heterocycles. The number of hydrogen-bond acceptors (Lipinski definition) is 3. The minimum Gasteiger partial charge on any atom is -0.497 e. The van der Waals surface area contributed by atoms with Crippen LogP contribution in [0.1, 0.15) is 29.9 Å². The lowest BCUT2D eigenvalue weighted by atomic mass is 10.1. The second-order valence-electron chi connectivity index (χ2n) is 7.34. The van der Waals surface area contributed by atoms with Crippen LogP contribution in [0.3, 0.4) is 0 Å². The zero-order valence-corrected chi connectivity index (χ0v) is 17.2. The van der Waals surface area contributed by atoms with Crippen molar-refractivity contribution >= 4 is 16.9 Å². The maximum Gasteiger partial charge on any atom is 0.224 e. The van der Waals surface area contributed by atoms with E-state index >= 15 is 0 Å². The molecule has 5 nitrogen and oxygen atoms in total. The van der Waals surface area contributed by atoms with Gasteiger partial charge in [-0.25, -0.2) is 4.98 Å². The normalized spacial score (nSPS) is 11.9. The summed E-state index contributed by atoms with van der Waals surface area (Å²) in [4.78, 5) is 17.4. The number of amides is 1.